The minimum Gasteiger partial charge on any atom is -0.483 e. The SMILES string of the molecule is CC(C)C[C@H](NC(=O)[C@@H](CC(=O)O)n1ccc(-c2ccc(-c3ccncc3)cc2)c1)c1ncc[nH]1.O=CO. The summed E-state index contributed by atoms with van der Waals surface area (Å²) in [6, 6.07) is 12.7. The van der Waals surface area contributed by atoms with Gasteiger partial charge in [0, 0.05) is 37.2 Å². The van der Waals surface area contributed by atoms with Crippen LogP contribution in [0, 0.1) is 5.92 Å². The normalized spacial score (nSPS) is 12.2. The first kappa shape index (κ1) is 27.9. The zero-order valence-corrected chi connectivity index (χ0v) is 21.2. The molecule has 4 N–H and O–H groups in total. The van der Waals surface area contributed by atoms with E-state index >= 15 is 0 Å². The molecule has 0 spiro atoms. The summed E-state index contributed by atoms with van der Waals surface area (Å²) in [4.78, 5) is 44.6. The number of benzene rings is 1. The van der Waals surface area contributed by atoms with Gasteiger partial charge in [-0.15, -0.1) is 0 Å². The number of pyridine rings is 1. The Morgan fingerprint density at radius 3 is 2.16 bits per heavy atom. The summed E-state index contributed by atoms with van der Waals surface area (Å²) >= 11 is 0. The maximum absolute atomic E-state index is 13.3. The fourth-order valence-corrected chi connectivity index (χ4v) is 4.12. The highest BCUT2D eigenvalue weighted by Gasteiger charge is 2.27. The van der Waals surface area contributed by atoms with Gasteiger partial charge in [0.1, 0.15) is 11.9 Å². The molecule has 0 radical (unpaired) electrons. The Labute approximate surface area is 220 Å². The summed E-state index contributed by atoms with van der Waals surface area (Å²) in [6.45, 7) is 3.88. The Bertz CT molecular complexity index is 1300. The average Bonchev–Trinajstić information content (AvgIpc) is 3.61. The quantitative estimate of drug-likeness (QED) is 0.225. The smallest absolute Gasteiger partial charge is 0.306 e. The number of nitrogens with zero attached hydrogens (tertiary/aromatic N) is 3. The number of carboxylic acids is 1. The van der Waals surface area contributed by atoms with Crippen LogP contribution >= 0.6 is 0 Å². The number of aromatic amines is 1. The molecule has 4 aromatic rings. The van der Waals surface area contributed by atoms with Crippen molar-refractivity contribution in [1.82, 2.24) is 24.8 Å². The van der Waals surface area contributed by atoms with Gasteiger partial charge < -0.3 is 25.1 Å². The van der Waals surface area contributed by atoms with Crippen molar-refractivity contribution < 1.29 is 24.6 Å². The molecule has 10 heteroatoms. The first-order valence-corrected chi connectivity index (χ1v) is 12.1. The Hall–Kier alpha value is -4.73. The molecule has 4 rings (SSSR count). The fourth-order valence-electron chi connectivity index (χ4n) is 4.12. The second-order valence-electron chi connectivity index (χ2n) is 9.04. The first-order valence-electron chi connectivity index (χ1n) is 12.1. The van der Waals surface area contributed by atoms with E-state index in [0.29, 0.717) is 18.2 Å². The number of H-pyrrole nitrogens is 1. The Kier molecular flexibility index (Phi) is 9.93. The zero-order chi connectivity index (χ0) is 27.5. The van der Waals surface area contributed by atoms with Crippen molar-refractivity contribution in [2.24, 2.45) is 5.92 Å². The van der Waals surface area contributed by atoms with Crippen molar-refractivity contribution in [2.45, 2.75) is 38.8 Å². The second-order valence-corrected chi connectivity index (χ2v) is 9.04. The highest BCUT2D eigenvalue weighted by Crippen LogP contribution is 2.27. The number of aliphatic carboxylic acids is 1. The number of aromatic nitrogens is 4. The third kappa shape index (κ3) is 7.63. The van der Waals surface area contributed by atoms with Crippen LogP contribution in [0.1, 0.15) is 44.6 Å². The van der Waals surface area contributed by atoms with E-state index < -0.39 is 12.0 Å². The van der Waals surface area contributed by atoms with Gasteiger partial charge in [-0.25, -0.2) is 4.98 Å². The molecule has 3 heterocycles. The number of carboxylic acid groups (broad SMARTS) is 2. The molecule has 0 saturated carbocycles. The predicted molar refractivity (Wildman–Crippen MR) is 142 cm³/mol. The average molecular weight is 518 g/mol. The minimum absolute atomic E-state index is 0.250. The van der Waals surface area contributed by atoms with Crippen molar-refractivity contribution in [2.75, 3.05) is 0 Å². The summed E-state index contributed by atoms with van der Waals surface area (Å²) in [6.07, 6.45) is 10.8. The number of rotatable bonds is 10. The van der Waals surface area contributed by atoms with Crippen LogP contribution in [0.25, 0.3) is 22.3 Å². The summed E-state index contributed by atoms with van der Waals surface area (Å²) in [5.41, 5.74) is 4.03. The van der Waals surface area contributed by atoms with E-state index in [2.05, 4.69) is 34.1 Å². The molecule has 10 nitrogen and oxygen atoms in total. The Balaban J connectivity index is 0.00000127. The molecule has 0 aliphatic rings. The van der Waals surface area contributed by atoms with Gasteiger partial charge in [-0.1, -0.05) is 38.1 Å². The van der Waals surface area contributed by atoms with Gasteiger partial charge in [0.05, 0.1) is 12.5 Å². The molecular weight excluding hydrogens is 486 g/mol. The Morgan fingerprint density at radius 2 is 1.61 bits per heavy atom. The van der Waals surface area contributed by atoms with Crippen LogP contribution < -0.4 is 5.32 Å². The highest BCUT2D eigenvalue weighted by atomic mass is 16.4. The van der Waals surface area contributed by atoms with E-state index in [0.717, 1.165) is 22.3 Å². The maximum Gasteiger partial charge on any atom is 0.306 e. The number of imidazole rings is 1. The van der Waals surface area contributed by atoms with Gasteiger partial charge in [0.2, 0.25) is 5.91 Å². The van der Waals surface area contributed by atoms with Crippen LogP contribution in [0.15, 0.2) is 79.6 Å². The molecule has 198 valence electrons. The monoisotopic (exact) mass is 517 g/mol. The lowest BCUT2D eigenvalue weighted by Crippen LogP contribution is -2.37. The molecule has 0 aliphatic carbocycles. The first-order chi connectivity index (χ1) is 18.3. The summed E-state index contributed by atoms with van der Waals surface area (Å²) in [7, 11) is 0. The van der Waals surface area contributed by atoms with Gasteiger partial charge in [-0.3, -0.25) is 19.4 Å². The number of hydrogen-bond donors (Lipinski definition) is 4. The molecule has 2 atom stereocenters. The van der Waals surface area contributed by atoms with Gasteiger partial charge in [0.15, 0.2) is 0 Å². The number of carbonyl (C=O) groups is 3. The third-order valence-electron chi connectivity index (χ3n) is 5.85. The van der Waals surface area contributed by atoms with Crippen molar-refractivity contribution >= 4 is 18.3 Å². The largest absolute Gasteiger partial charge is 0.483 e. The van der Waals surface area contributed by atoms with Crippen LogP contribution in [-0.2, 0) is 14.4 Å². The van der Waals surface area contributed by atoms with Crippen molar-refractivity contribution in [3.63, 3.8) is 0 Å². The standard InChI is InChI=1S/C27H29N5O3.CH2O2/c1-18(2)15-23(26-29-12-13-30-26)31-27(35)24(16-25(33)34)32-14-9-22(17-32)20-5-3-19(4-6-20)21-7-10-28-11-8-21;2-1-3/h3-14,17-18,23-24H,15-16H2,1-2H3,(H,29,30)(H,31,35)(H,33,34);1H,(H,2,3)/t23-,24+;/m0./s1. The van der Waals surface area contributed by atoms with E-state index in [1.807, 2.05) is 48.7 Å². The van der Waals surface area contributed by atoms with Crippen molar-refractivity contribution in [3.05, 3.63) is 85.5 Å². The lowest BCUT2D eigenvalue weighted by atomic mass is 10.0. The number of hydrogen-bond acceptors (Lipinski definition) is 5. The van der Waals surface area contributed by atoms with Gasteiger partial charge in [0.25, 0.3) is 6.47 Å². The molecule has 0 aliphatic heterocycles. The molecule has 0 fully saturated rings. The zero-order valence-electron chi connectivity index (χ0n) is 21.2. The topological polar surface area (TPSA) is 150 Å². The lowest BCUT2D eigenvalue weighted by molar-refractivity contribution is -0.140. The van der Waals surface area contributed by atoms with E-state index in [-0.39, 0.29) is 24.8 Å². The fraction of sp³-hybridized carbons (Fsp3) is 0.250. The number of carbonyl (C=O) groups excluding carboxylic acids is 1. The summed E-state index contributed by atoms with van der Waals surface area (Å²) in [5, 5.41) is 19.4. The third-order valence-corrected chi connectivity index (χ3v) is 5.85. The second kappa shape index (κ2) is 13.5. The van der Waals surface area contributed by atoms with Gasteiger partial charge >= 0.3 is 5.97 Å². The van der Waals surface area contributed by atoms with Gasteiger partial charge in [-0.2, -0.15) is 0 Å². The minimum atomic E-state index is -1.04. The summed E-state index contributed by atoms with van der Waals surface area (Å²) < 4.78 is 1.67. The predicted octanol–water partition coefficient (Wildman–Crippen LogP) is 4.56. The molecule has 1 amide bonds. The van der Waals surface area contributed by atoms with E-state index in [4.69, 9.17) is 9.90 Å². The number of nitrogens with one attached hydrogen (secondary N) is 2. The van der Waals surface area contributed by atoms with Gasteiger partial charge in [-0.05, 0) is 52.8 Å². The molecule has 0 bridgehead atoms. The maximum atomic E-state index is 13.3. The Morgan fingerprint density at radius 1 is 1.00 bits per heavy atom. The molecular formula is C28H31N5O5. The van der Waals surface area contributed by atoms with Crippen molar-refractivity contribution in [3.8, 4) is 22.3 Å². The highest BCUT2D eigenvalue weighted by molar-refractivity contribution is 5.85. The van der Waals surface area contributed by atoms with Crippen LogP contribution in [0.3, 0.4) is 0 Å². The van der Waals surface area contributed by atoms with Crippen molar-refractivity contribution in [1.29, 1.82) is 0 Å². The van der Waals surface area contributed by atoms with E-state index in [9.17, 15) is 14.7 Å². The molecule has 3 aromatic heterocycles. The lowest BCUT2D eigenvalue weighted by Gasteiger charge is -2.23. The van der Waals surface area contributed by atoms with E-state index in [1.165, 1.54) is 0 Å². The van der Waals surface area contributed by atoms with Crippen LogP contribution in [0.4, 0.5) is 0 Å². The molecule has 38 heavy (non-hydrogen) atoms. The summed E-state index contributed by atoms with van der Waals surface area (Å²) in [5.74, 6) is -0.426. The molecule has 1 aromatic carbocycles. The van der Waals surface area contributed by atoms with E-state index in [1.54, 1.807) is 35.6 Å². The number of amides is 1. The van der Waals surface area contributed by atoms with Crippen LogP contribution in [0.2, 0.25) is 0 Å². The molecule has 0 saturated heterocycles. The van der Waals surface area contributed by atoms with Crippen LogP contribution in [0.5, 0.6) is 0 Å². The molecule has 0 unspecified atom stereocenters. The van der Waals surface area contributed by atoms with Crippen LogP contribution in [-0.4, -0.2) is 48.1 Å².